The summed E-state index contributed by atoms with van der Waals surface area (Å²) in [6, 6.07) is 15.5. The minimum Gasteiger partial charge on any atom is -0.486 e. The van der Waals surface area contributed by atoms with E-state index in [1.807, 2.05) is 55.5 Å². The minimum absolute atomic E-state index is 0.202. The van der Waals surface area contributed by atoms with Gasteiger partial charge in [0.25, 0.3) is 5.91 Å². The Hall–Kier alpha value is -3.02. The molecule has 0 spiro atoms. The summed E-state index contributed by atoms with van der Waals surface area (Å²) in [5.74, 6) is 0.928. The summed E-state index contributed by atoms with van der Waals surface area (Å²) in [6.45, 7) is 3.68. The van der Waals surface area contributed by atoms with Crippen LogP contribution in [0.25, 0.3) is 0 Å². The second-order valence-corrected chi connectivity index (χ2v) is 8.12. The van der Waals surface area contributed by atoms with Crippen LogP contribution in [0.5, 0.6) is 11.5 Å². The van der Waals surface area contributed by atoms with Crippen molar-refractivity contribution in [1.82, 2.24) is 4.90 Å². The van der Waals surface area contributed by atoms with Gasteiger partial charge in [-0.25, -0.2) is 0 Å². The first-order valence-electron chi connectivity index (χ1n) is 11.0. The fraction of sp³-hybridized carbons (Fsp3) is 0.440. The number of amides is 1. The molecule has 0 N–H and O–H groups in total. The van der Waals surface area contributed by atoms with E-state index in [0.29, 0.717) is 32.1 Å². The average molecular weight is 424 g/mol. The maximum Gasteiger partial charge on any atom is 0.317 e. The molecule has 0 atom stereocenters. The lowest BCUT2D eigenvalue weighted by molar-refractivity contribution is -0.157. The van der Waals surface area contributed by atoms with Crippen molar-refractivity contribution in [2.24, 2.45) is 0 Å². The number of carbonyl (C=O) groups is 2. The first kappa shape index (κ1) is 21.2. The Kier molecular flexibility index (Phi) is 6.44. The number of nitrogens with zero attached hydrogens (tertiary/aromatic N) is 1. The van der Waals surface area contributed by atoms with Crippen LogP contribution in [0.2, 0.25) is 0 Å². The molecule has 0 unspecified atom stereocenters. The molecule has 0 radical (unpaired) electrons. The molecule has 1 aliphatic carbocycles. The third-order valence-corrected chi connectivity index (χ3v) is 6.22. The molecule has 6 nitrogen and oxygen atoms in total. The van der Waals surface area contributed by atoms with Crippen molar-refractivity contribution in [2.45, 2.75) is 44.6 Å². The Morgan fingerprint density at radius 1 is 1.00 bits per heavy atom. The van der Waals surface area contributed by atoms with E-state index in [1.165, 1.54) is 0 Å². The summed E-state index contributed by atoms with van der Waals surface area (Å²) in [6.07, 6.45) is 3.50. The third-order valence-electron chi connectivity index (χ3n) is 6.22. The van der Waals surface area contributed by atoms with Gasteiger partial charge in [-0.1, -0.05) is 49.2 Å². The molecule has 0 aromatic heterocycles. The molecule has 6 heteroatoms. The lowest BCUT2D eigenvalue weighted by Gasteiger charge is -2.28. The van der Waals surface area contributed by atoms with Crippen molar-refractivity contribution in [3.8, 4) is 11.5 Å². The second-order valence-electron chi connectivity index (χ2n) is 8.12. The number of hydrogen-bond acceptors (Lipinski definition) is 5. The number of fused-ring (bicyclic) bond motifs is 1. The predicted octanol–water partition coefficient (Wildman–Crippen LogP) is 3.86. The molecule has 2 aromatic rings. The van der Waals surface area contributed by atoms with Crippen molar-refractivity contribution in [2.75, 3.05) is 26.4 Å². The molecule has 1 fully saturated rings. The van der Waals surface area contributed by atoms with Crippen molar-refractivity contribution in [3.05, 3.63) is 59.7 Å². The number of esters is 1. The molecule has 0 bridgehead atoms. The van der Waals surface area contributed by atoms with Gasteiger partial charge in [-0.2, -0.15) is 0 Å². The lowest BCUT2D eigenvalue weighted by atomic mass is 9.79. The van der Waals surface area contributed by atoms with Crippen molar-refractivity contribution in [1.29, 1.82) is 0 Å². The maximum atomic E-state index is 13.1. The van der Waals surface area contributed by atoms with E-state index >= 15 is 0 Å². The highest BCUT2D eigenvalue weighted by Crippen LogP contribution is 2.42. The number of carbonyl (C=O) groups excluding carboxylic acids is 2. The Balaban J connectivity index is 1.39. The first-order chi connectivity index (χ1) is 15.1. The molecule has 1 heterocycles. The van der Waals surface area contributed by atoms with Gasteiger partial charge in [0, 0.05) is 13.1 Å². The molecule has 1 saturated carbocycles. The summed E-state index contributed by atoms with van der Waals surface area (Å²) in [5, 5.41) is 0. The van der Waals surface area contributed by atoms with Crippen LogP contribution in [0.4, 0.5) is 0 Å². The normalized spacial score (nSPS) is 16.5. The van der Waals surface area contributed by atoms with Gasteiger partial charge in [0.15, 0.2) is 18.1 Å². The minimum atomic E-state index is -0.631. The Bertz CT molecular complexity index is 921. The Morgan fingerprint density at radius 3 is 2.42 bits per heavy atom. The highest BCUT2D eigenvalue weighted by molar-refractivity contribution is 5.86. The summed E-state index contributed by atoms with van der Waals surface area (Å²) in [5.41, 5.74) is 1.30. The number of benzene rings is 2. The van der Waals surface area contributed by atoms with E-state index in [0.717, 1.165) is 42.6 Å². The van der Waals surface area contributed by atoms with Crippen LogP contribution in [-0.4, -0.2) is 43.1 Å². The quantitative estimate of drug-likeness (QED) is 0.633. The molecule has 1 amide bonds. The van der Waals surface area contributed by atoms with E-state index in [1.54, 1.807) is 4.90 Å². The van der Waals surface area contributed by atoms with Gasteiger partial charge in [0.1, 0.15) is 13.2 Å². The van der Waals surface area contributed by atoms with Gasteiger partial charge >= 0.3 is 5.97 Å². The van der Waals surface area contributed by atoms with Gasteiger partial charge in [-0.3, -0.25) is 9.59 Å². The molecule has 0 saturated heterocycles. The first-order valence-corrected chi connectivity index (χ1v) is 11.0. The zero-order valence-electron chi connectivity index (χ0n) is 18.0. The zero-order chi connectivity index (χ0) is 21.7. The molecule has 1 aliphatic heterocycles. The van der Waals surface area contributed by atoms with Crippen LogP contribution in [0.1, 0.15) is 43.7 Å². The largest absolute Gasteiger partial charge is 0.486 e. The maximum absolute atomic E-state index is 13.1. The number of ether oxygens (including phenoxy) is 3. The number of rotatable bonds is 7. The predicted molar refractivity (Wildman–Crippen MR) is 116 cm³/mol. The lowest BCUT2D eigenvalue weighted by Crippen LogP contribution is -2.39. The van der Waals surface area contributed by atoms with Gasteiger partial charge in [-0.15, -0.1) is 0 Å². The van der Waals surface area contributed by atoms with E-state index in [9.17, 15) is 9.59 Å². The summed E-state index contributed by atoms with van der Waals surface area (Å²) >= 11 is 0. The fourth-order valence-electron chi connectivity index (χ4n) is 4.49. The molecule has 2 aliphatic rings. The zero-order valence-corrected chi connectivity index (χ0v) is 18.0. The van der Waals surface area contributed by atoms with E-state index in [4.69, 9.17) is 14.2 Å². The topological polar surface area (TPSA) is 65.1 Å². The monoisotopic (exact) mass is 423 g/mol. The van der Waals surface area contributed by atoms with Crippen molar-refractivity contribution >= 4 is 11.9 Å². The Morgan fingerprint density at radius 2 is 1.71 bits per heavy atom. The number of hydrogen-bond donors (Lipinski definition) is 0. The van der Waals surface area contributed by atoms with Crippen LogP contribution in [-0.2, 0) is 26.3 Å². The molecule has 4 rings (SSSR count). The summed E-state index contributed by atoms with van der Waals surface area (Å²) in [4.78, 5) is 27.6. The van der Waals surface area contributed by atoms with Gasteiger partial charge in [0.05, 0.1) is 5.41 Å². The molecule has 31 heavy (non-hydrogen) atoms. The SMILES string of the molecule is CCN(Cc1ccc2c(c1)OCCO2)C(=O)COC(=O)C1(c2ccccc2)CCCC1. The smallest absolute Gasteiger partial charge is 0.317 e. The molecular formula is C25H29NO5. The van der Waals surface area contributed by atoms with Crippen LogP contribution in [0, 0.1) is 0 Å². The standard InChI is InChI=1S/C25H29NO5/c1-2-26(17-19-10-11-21-22(16-19)30-15-14-29-21)23(27)18-31-24(28)25(12-6-7-13-25)20-8-4-3-5-9-20/h3-5,8-11,16H,2,6-7,12-15,17-18H2,1H3. The second kappa shape index (κ2) is 9.41. The Labute approximate surface area is 183 Å². The molecular weight excluding hydrogens is 394 g/mol. The van der Waals surface area contributed by atoms with Crippen molar-refractivity contribution < 1.29 is 23.8 Å². The third kappa shape index (κ3) is 4.53. The van der Waals surface area contributed by atoms with Gasteiger partial charge in [-0.05, 0) is 43.0 Å². The van der Waals surface area contributed by atoms with Crippen LogP contribution in [0.3, 0.4) is 0 Å². The van der Waals surface area contributed by atoms with Crippen LogP contribution in [0.15, 0.2) is 48.5 Å². The van der Waals surface area contributed by atoms with Crippen LogP contribution < -0.4 is 9.47 Å². The van der Waals surface area contributed by atoms with Gasteiger partial charge in [0.2, 0.25) is 0 Å². The fourth-order valence-corrected chi connectivity index (χ4v) is 4.49. The number of likely N-dealkylation sites (N-methyl/N-ethyl adjacent to an activating group) is 1. The highest BCUT2D eigenvalue weighted by Gasteiger charge is 2.44. The molecule has 164 valence electrons. The van der Waals surface area contributed by atoms with E-state index < -0.39 is 5.41 Å². The average Bonchev–Trinajstić information content (AvgIpc) is 3.32. The summed E-state index contributed by atoms with van der Waals surface area (Å²) in [7, 11) is 0. The summed E-state index contributed by atoms with van der Waals surface area (Å²) < 4.78 is 16.8. The van der Waals surface area contributed by atoms with Gasteiger partial charge < -0.3 is 19.1 Å². The highest BCUT2D eigenvalue weighted by atomic mass is 16.6. The van der Waals surface area contributed by atoms with Crippen molar-refractivity contribution in [3.63, 3.8) is 0 Å². The van der Waals surface area contributed by atoms with E-state index in [-0.39, 0.29) is 18.5 Å². The van der Waals surface area contributed by atoms with Crippen LogP contribution >= 0.6 is 0 Å². The molecule has 2 aromatic carbocycles. The van der Waals surface area contributed by atoms with E-state index in [2.05, 4.69) is 0 Å².